The minimum Gasteiger partial charge on any atom is -0.378 e. The van der Waals surface area contributed by atoms with E-state index in [2.05, 4.69) is 64.3 Å². The molecule has 0 aliphatic carbocycles. The summed E-state index contributed by atoms with van der Waals surface area (Å²) < 4.78 is 1.08. The van der Waals surface area contributed by atoms with Crippen LogP contribution in [0.2, 0.25) is 0 Å². The van der Waals surface area contributed by atoms with Gasteiger partial charge in [0.25, 0.3) is 0 Å². The molecule has 1 N–H and O–H groups in total. The number of aryl methyl sites for hydroxylation is 2. The van der Waals surface area contributed by atoms with E-state index in [4.69, 9.17) is 0 Å². The molecular weight excluding hydrogens is 276 g/mol. The van der Waals surface area contributed by atoms with Crippen molar-refractivity contribution in [1.29, 1.82) is 0 Å². The molecule has 0 bridgehead atoms. The highest BCUT2D eigenvalue weighted by molar-refractivity contribution is 9.10. The standard InChI is InChI=1S/C14H15BrN2/c1-10-5-6-12(15)13(8-10)17-9-14-11(2)4-3-7-16-14/h3-8,17H,9H2,1-2H3. The molecule has 0 aliphatic heterocycles. The lowest BCUT2D eigenvalue weighted by atomic mass is 10.2. The lowest BCUT2D eigenvalue weighted by molar-refractivity contribution is 1.02. The van der Waals surface area contributed by atoms with Crippen LogP contribution in [0.15, 0.2) is 41.0 Å². The molecule has 0 unspecified atom stereocenters. The van der Waals surface area contributed by atoms with Crippen LogP contribution in [0.1, 0.15) is 16.8 Å². The van der Waals surface area contributed by atoms with Crippen LogP contribution in [0.4, 0.5) is 5.69 Å². The van der Waals surface area contributed by atoms with Crippen LogP contribution in [0.5, 0.6) is 0 Å². The zero-order valence-corrected chi connectivity index (χ0v) is 11.6. The summed E-state index contributed by atoms with van der Waals surface area (Å²) in [5.74, 6) is 0. The third-order valence-corrected chi connectivity index (χ3v) is 3.38. The smallest absolute Gasteiger partial charge is 0.0623 e. The maximum absolute atomic E-state index is 4.37. The van der Waals surface area contributed by atoms with Gasteiger partial charge in [-0.25, -0.2) is 0 Å². The van der Waals surface area contributed by atoms with Gasteiger partial charge in [-0.1, -0.05) is 12.1 Å². The number of halogens is 1. The fraction of sp³-hybridized carbons (Fsp3) is 0.214. The Balaban J connectivity index is 2.12. The molecule has 88 valence electrons. The Labute approximate surface area is 110 Å². The number of nitrogens with zero attached hydrogens (tertiary/aromatic N) is 1. The quantitative estimate of drug-likeness (QED) is 0.922. The molecule has 0 fully saturated rings. The van der Waals surface area contributed by atoms with Crippen LogP contribution in [-0.4, -0.2) is 4.98 Å². The molecule has 0 spiro atoms. The van der Waals surface area contributed by atoms with Gasteiger partial charge in [-0.2, -0.15) is 0 Å². The van der Waals surface area contributed by atoms with Crippen molar-refractivity contribution in [3.63, 3.8) is 0 Å². The van der Waals surface area contributed by atoms with Crippen LogP contribution in [0.3, 0.4) is 0 Å². The van der Waals surface area contributed by atoms with E-state index >= 15 is 0 Å². The van der Waals surface area contributed by atoms with Crippen LogP contribution < -0.4 is 5.32 Å². The summed E-state index contributed by atoms with van der Waals surface area (Å²) in [6.45, 7) is 4.91. The Morgan fingerprint density at radius 3 is 2.82 bits per heavy atom. The van der Waals surface area contributed by atoms with E-state index < -0.39 is 0 Å². The number of nitrogens with one attached hydrogen (secondary N) is 1. The van der Waals surface area contributed by atoms with Crippen molar-refractivity contribution in [3.8, 4) is 0 Å². The van der Waals surface area contributed by atoms with E-state index in [-0.39, 0.29) is 0 Å². The zero-order chi connectivity index (χ0) is 12.3. The van der Waals surface area contributed by atoms with Crippen LogP contribution in [0, 0.1) is 13.8 Å². The molecule has 1 aromatic heterocycles. The van der Waals surface area contributed by atoms with Gasteiger partial charge in [-0.15, -0.1) is 0 Å². The lowest BCUT2D eigenvalue weighted by Gasteiger charge is -2.10. The molecule has 1 heterocycles. The van der Waals surface area contributed by atoms with Gasteiger partial charge < -0.3 is 5.32 Å². The highest BCUT2D eigenvalue weighted by Gasteiger charge is 2.02. The minimum atomic E-state index is 0.745. The summed E-state index contributed by atoms with van der Waals surface area (Å²) in [4.78, 5) is 4.37. The second kappa shape index (κ2) is 5.32. The predicted octanol–water partition coefficient (Wildman–Crippen LogP) is 4.07. The minimum absolute atomic E-state index is 0.745. The van der Waals surface area contributed by atoms with Gasteiger partial charge in [0.05, 0.1) is 12.2 Å². The van der Waals surface area contributed by atoms with Crippen molar-refractivity contribution in [2.24, 2.45) is 0 Å². The van der Waals surface area contributed by atoms with Gasteiger partial charge in [0, 0.05) is 16.4 Å². The largest absolute Gasteiger partial charge is 0.378 e. The number of hydrogen-bond donors (Lipinski definition) is 1. The average Bonchev–Trinajstić information content (AvgIpc) is 2.32. The molecule has 2 aromatic rings. The molecule has 2 nitrogen and oxygen atoms in total. The summed E-state index contributed by atoms with van der Waals surface area (Å²) in [7, 11) is 0. The van der Waals surface area contributed by atoms with E-state index in [0.29, 0.717) is 0 Å². The first-order valence-corrected chi connectivity index (χ1v) is 6.36. The maximum atomic E-state index is 4.37. The van der Waals surface area contributed by atoms with Gasteiger partial charge in [-0.05, 0) is 59.1 Å². The predicted molar refractivity (Wildman–Crippen MR) is 75.2 cm³/mol. The highest BCUT2D eigenvalue weighted by Crippen LogP contribution is 2.23. The number of anilines is 1. The molecule has 0 radical (unpaired) electrons. The average molecular weight is 291 g/mol. The number of benzene rings is 1. The number of rotatable bonds is 3. The van der Waals surface area contributed by atoms with Gasteiger partial charge in [-0.3, -0.25) is 4.98 Å². The third kappa shape index (κ3) is 3.07. The number of hydrogen-bond acceptors (Lipinski definition) is 2. The number of aromatic nitrogens is 1. The van der Waals surface area contributed by atoms with E-state index in [9.17, 15) is 0 Å². The Morgan fingerprint density at radius 1 is 1.24 bits per heavy atom. The van der Waals surface area contributed by atoms with Gasteiger partial charge in [0.2, 0.25) is 0 Å². The first-order valence-electron chi connectivity index (χ1n) is 5.57. The molecular formula is C14H15BrN2. The Kier molecular flexibility index (Phi) is 3.79. The summed E-state index contributed by atoms with van der Waals surface area (Å²) in [6.07, 6.45) is 1.83. The second-order valence-electron chi connectivity index (χ2n) is 4.10. The summed E-state index contributed by atoms with van der Waals surface area (Å²) in [5, 5.41) is 3.40. The molecule has 0 aliphatic rings. The van der Waals surface area contributed by atoms with Gasteiger partial charge in [0.1, 0.15) is 0 Å². The monoisotopic (exact) mass is 290 g/mol. The van der Waals surface area contributed by atoms with E-state index in [1.165, 1.54) is 11.1 Å². The third-order valence-electron chi connectivity index (χ3n) is 2.69. The summed E-state index contributed by atoms with van der Waals surface area (Å²) >= 11 is 3.54. The molecule has 0 saturated carbocycles. The lowest BCUT2D eigenvalue weighted by Crippen LogP contribution is -2.04. The molecule has 1 aromatic carbocycles. The molecule has 0 saturated heterocycles. The van der Waals surface area contributed by atoms with Crippen molar-refractivity contribution in [2.45, 2.75) is 20.4 Å². The van der Waals surface area contributed by atoms with Crippen LogP contribution >= 0.6 is 15.9 Å². The number of pyridine rings is 1. The van der Waals surface area contributed by atoms with Crippen molar-refractivity contribution in [3.05, 3.63) is 57.8 Å². The molecule has 0 atom stereocenters. The molecule has 17 heavy (non-hydrogen) atoms. The Hall–Kier alpha value is -1.35. The SMILES string of the molecule is Cc1ccc(Br)c(NCc2ncccc2C)c1. The normalized spacial score (nSPS) is 10.3. The van der Waals surface area contributed by atoms with E-state index in [1.54, 1.807) is 0 Å². The Morgan fingerprint density at radius 2 is 2.06 bits per heavy atom. The summed E-state index contributed by atoms with van der Waals surface area (Å²) in [6, 6.07) is 10.3. The van der Waals surface area contributed by atoms with Gasteiger partial charge >= 0.3 is 0 Å². The molecule has 0 amide bonds. The highest BCUT2D eigenvalue weighted by atomic mass is 79.9. The first-order chi connectivity index (χ1) is 8.16. The fourth-order valence-corrected chi connectivity index (χ4v) is 2.04. The van der Waals surface area contributed by atoms with Crippen molar-refractivity contribution in [2.75, 3.05) is 5.32 Å². The van der Waals surface area contributed by atoms with Crippen molar-refractivity contribution >= 4 is 21.6 Å². The van der Waals surface area contributed by atoms with Crippen molar-refractivity contribution in [1.82, 2.24) is 4.98 Å². The fourth-order valence-electron chi connectivity index (χ4n) is 1.66. The van der Waals surface area contributed by atoms with Crippen LogP contribution in [0.25, 0.3) is 0 Å². The van der Waals surface area contributed by atoms with Crippen LogP contribution in [-0.2, 0) is 6.54 Å². The van der Waals surface area contributed by atoms with E-state index in [0.717, 1.165) is 22.4 Å². The Bertz CT molecular complexity index is 523. The molecule has 3 heteroatoms. The van der Waals surface area contributed by atoms with Crippen molar-refractivity contribution < 1.29 is 0 Å². The molecule has 2 rings (SSSR count). The maximum Gasteiger partial charge on any atom is 0.0623 e. The van der Waals surface area contributed by atoms with E-state index in [1.807, 2.05) is 12.3 Å². The summed E-state index contributed by atoms with van der Waals surface area (Å²) in [5.41, 5.74) is 4.65. The second-order valence-corrected chi connectivity index (χ2v) is 4.96. The first kappa shape index (κ1) is 12.1. The zero-order valence-electron chi connectivity index (χ0n) is 10.00. The van der Waals surface area contributed by atoms with Gasteiger partial charge in [0.15, 0.2) is 0 Å². The topological polar surface area (TPSA) is 24.9 Å².